The average molecular weight is 195 g/mol. The summed E-state index contributed by atoms with van der Waals surface area (Å²) in [7, 11) is 0. The van der Waals surface area contributed by atoms with Crippen LogP contribution in [-0.2, 0) is 5.88 Å². The average Bonchev–Trinajstić information content (AvgIpc) is 2.67. The summed E-state index contributed by atoms with van der Waals surface area (Å²) in [5.41, 5.74) is 0.865. The van der Waals surface area contributed by atoms with Gasteiger partial charge in [-0.25, -0.2) is 15.0 Å². The van der Waals surface area contributed by atoms with E-state index in [4.69, 9.17) is 11.6 Å². The monoisotopic (exact) mass is 194 g/mol. The van der Waals surface area contributed by atoms with Crippen molar-refractivity contribution in [2.24, 2.45) is 0 Å². The molecule has 2 heterocycles. The first-order valence-electron chi connectivity index (χ1n) is 3.77. The first-order chi connectivity index (χ1) is 6.40. The van der Waals surface area contributed by atoms with Gasteiger partial charge in [-0.3, -0.25) is 0 Å². The molecule has 0 fully saturated rings. The predicted molar refractivity (Wildman–Crippen MR) is 49.2 cm³/mol. The van der Waals surface area contributed by atoms with Crippen molar-refractivity contribution >= 4 is 11.6 Å². The Morgan fingerprint density at radius 1 is 1.23 bits per heavy atom. The first kappa shape index (κ1) is 8.19. The maximum Gasteiger partial charge on any atom is 0.195 e. The molecule has 2 aromatic heterocycles. The Bertz CT molecular complexity index is 384. The van der Waals surface area contributed by atoms with Crippen molar-refractivity contribution in [3.63, 3.8) is 0 Å². The van der Waals surface area contributed by atoms with Crippen molar-refractivity contribution in [2.75, 3.05) is 0 Å². The summed E-state index contributed by atoms with van der Waals surface area (Å²) in [6, 6.07) is 1.76. The fraction of sp³-hybridized carbons (Fsp3) is 0.125. The van der Waals surface area contributed by atoms with Gasteiger partial charge in [0, 0.05) is 18.6 Å². The first-order valence-corrected chi connectivity index (χ1v) is 4.31. The lowest BCUT2D eigenvalue weighted by molar-refractivity contribution is 1.11. The highest BCUT2D eigenvalue weighted by atomic mass is 35.5. The molecule has 66 valence electrons. The number of rotatable bonds is 2. The number of aromatic nitrogens is 4. The molecule has 0 spiro atoms. The van der Waals surface area contributed by atoms with Crippen molar-refractivity contribution < 1.29 is 0 Å². The van der Waals surface area contributed by atoms with Crippen LogP contribution >= 0.6 is 11.6 Å². The third kappa shape index (κ3) is 1.67. The van der Waals surface area contributed by atoms with Gasteiger partial charge in [0.25, 0.3) is 0 Å². The van der Waals surface area contributed by atoms with Crippen LogP contribution in [0.4, 0.5) is 0 Å². The lowest BCUT2D eigenvalue weighted by Gasteiger charge is -1.91. The fourth-order valence-electron chi connectivity index (χ4n) is 0.962. The van der Waals surface area contributed by atoms with Crippen LogP contribution in [0.1, 0.15) is 5.69 Å². The van der Waals surface area contributed by atoms with Crippen molar-refractivity contribution in [1.82, 2.24) is 19.9 Å². The topological polar surface area (TPSA) is 54.5 Å². The van der Waals surface area contributed by atoms with E-state index in [1.165, 1.54) is 0 Å². The highest BCUT2D eigenvalue weighted by molar-refractivity contribution is 6.16. The molecule has 0 unspecified atom stereocenters. The van der Waals surface area contributed by atoms with Crippen LogP contribution < -0.4 is 0 Å². The molecular weight excluding hydrogens is 188 g/mol. The highest BCUT2D eigenvalue weighted by Gasteiger charge is 2.03. The highest BCUT2D eigenvalue weighted by Crippen LogP contribution is 2.09. The standard InChI is InChI=1S/C8H7ClN4/c9-4-6-5-12-8(13-6)7-10-2-1-3-11-7/h1-3,5H,4H2,(H,12,13). The molecule has 0 atom stereocenters. The van der Waals surface area contributed by atoms with Crippen LogP contribution in [0.2, 0.25) is 0 Å². The Morgan fingerprint density at radius 2 is 2.00 bits per heavy atom. The van der Waals surface area contributed by atoms with E-state index >= 15 is 0 Å². The number of aromatic amines is 1. The lowest BCUT2D eigenvalue weighted by Crippen LogP contribution is -1.88. The second-order valence-corrected chi connectivity index (χ2v) is 2.73. The van der Waals surface area contributed by atoms with E-state index in [2.05, 4.69) is 19.9 Å². The van der Waals surface area contributed by atoms with Crippen LogP contribution in [0.5, 0.6) is 0 Å². The Morgan fingerprint density at radius 3 is 2.62 bits per heavy atom. The molecule has 0 saturated carbocycles. The molecule has 13 heavy (non-hydrogen) atoms. The molecule has 1 N–H and O–H groups in total. The normalized spacial score (nSPS) is 10.2. The molecule has 0 radical (unpaired) electrons. The van der Waals surface area contributed by atoms with Gasteiger partial charge in [-0.1, -0.05) is 0 Å². The molecule has 0 aromatic carbocycles. The van der Waals surface area contributed by atoms with Crippen molar-refractivity contribution in [1.29, 1.82) is 0 Å². The van der Waals surface area contributed by atoms with Crippen molar-refractivity contribution in [2.45, 2.75) is 5.88 Å². The van der Waals surface area contributed by atoms with Gasteiger partial charge < -0.3 is 4.98 Å². The summed E-state index contributed by atoms with van der Waals surface area (Å²) in [6.45, 7) is 0. The number of halogens is 1. The van der Waals surface area contributed by atoms with E-state index in [-0.39, 0.29) is 0 Å². The maximum absolute atomic E-state index is 5.62. The summed E-state index contributed by atoms with van der Waals surface area (Å²) in [4.78, 5) is 15.2. The molecule has 0 bridgehead atoms. The van der Waals surface area contributed by atoms with E-state index in [0.29, 0.717) is 17.5 Å². The van der Waals surface area contributed by atoms with E-state index in [1.54, 1.807) is 24.7 Å². The summed E-state index contributed by atoms with van der Waals surface area (Å²) in [6.07, 6.45) is 5.02. The second-order valence-electron chi connectivity index (χ2n) is 2.46. The zero-order valence-electron chi connectivity index (χ0n) is 6.74. The zero-order valence-corrected chi connectivity index (χ0v) is 7.49. The molecular formula is C8H7ClN4. The molecule has 2 aromatic rings. The number of hydrogen-bond acceptors (Lipinski definition) is 3. The van der Waals surface area contributed by atoms with E-state index < -0.39 is 0 Å². The maximum atomic E-state index is 5.62. The van der Waals surface area contributed by atoms with Gasteiger partial charge in [-0.15, -0.1) is 11.6 Å². The van der Waals surface area contributed by atoms with Gasteiger partial charge >= 0.3 is 0 Å². The number of H-pyrrole nitrogens is 1. The van der Waals surface area contributed by atoms with Gasteiger partial charge in [0.05, 0.1) is 11.6 Å². The Hall–Kier alpha value is -1.42. The lowest BCUT2D eigenvalue weighted by atomic mass is 10.5. The quantitative estimate of drug-likeness (QED) is 0.739. The van der Waals surface area contributed by atoms with Gasteiger partial charge in [0.2, 0.25) is 0 Å². The van der Waals surface area contributed by atoms with Crippen LogP contribution in [-0.4, -0.2) is 19.9 Å². The Labute approximate surface area is 80.0 Å². The van der Waals surface area contributed by atoms with Crippen LogP contribution in [0.25, 0.3) is 11.6 Å². The molecule has 0 saturated heterocycles. The van der Waals surface area contributed by atoms with Gasteiger partial charge in [-0.05, 0) is 6.07 Å². The van der Waals surface area contributed by atoms with Gasteiger partial charge in [0.1, 0.15) is 0 Å². The van der Waals surface area contributed by atoms with Crippen LogP contribution in [0.3, 0.4) is 0 Å². The molecule has 0 aliphatic rings. The van der Waals surface area contributed by atoms with Crippen molar-refractivity contribution in [3.8, 4) is 11.6 Å². The Kier molecular flexibility index (Phi) is 2.23. The Balaban J connectivity index is 2.36. The molecule has 0 aliphatic heterocycles. The minimum absolute atomic E-state index is 0.417. The largest absolute Gasteiger partial charge is 0.338 e. The smallest absolute Gasteiger partial charge is 0.195 e. The number of hydrogen-bond donors (Lipinski definition) is 1. The van der Waals surface area contributed by atoms with Crippen molar-refractivity contribution in [3.05, 3.63) is 30.4 Å². The summed E-state index contributed by atoms with van der Waals surface area (Å²) < 4.78 is 0. The van der Waals surface area contributed by atoms with E-state index in [9.17, 15) is 0 Å². The van der Waals surface area contributed by atoms with E-state index in [1.807, 2.05) is 0 Å². The van der Waals surface area contributed by atoms with E-state index in [0.717, 1.165) is 5.69 Å². The van der Waals surface area contributed by atoms with Gasteiger partial charge in [0.15, 0.2) is 11.6 Å². The SMILES string of the molecule is ClCc1cnc(-c2ncccn2)[nH]1. The zero-order chi connectivity index (χ0) is 9.10. The van der Waals surface area contributed by atoms with Crippen LogP contribution in [0, 0.1) is 0 Å². The second kappa shape index (κ2) is 3.53. The number of nitrogens with one attached hydrogen (secondary N) is 1. The number of nitrogens with zero attached hydrogens (tertiary/aromatic N) is 3. The summed E-state index contributed by atoms with van der Waals surface area (Å²) in [5, 5.41) is 0. The molecule has 2 rings (SSSR count). The number of alkyl halides is 1. The number of imidazole rings is 1. The molecule has 0 aliphatic carbocycles. The minimum Gasteiger partial charge on any atom is -0.338 e. The molecule has 0 amide bonds. The summed E-state index contributed by atoms with van der Waals surface area (Å²) in [5.74, 6) is 1.65. The van der Waals surface area contributed by atoms with Gasteiger partial charge in [-0.2, -0.15) is 0 Å². The minimum atomic E-state index is 0.417. The summed E-state index contributed by atoms with van der Waals surface area (Å²) >= 11 is 5.62. The van der Waals surface area contributed by atoms with Crippen LogP contribution in [0.15, 0.2) is 24.7 Å². The molecule has 4 nitrogen and oxygen atoms in total. The molecule has 5 heteroatoms. The predicted octanol–water partition coefficient (Wildman–Crippen LogP) is 1.61. The third-order valence-electron chi connectivity index (χ3n) is 1.55. The third-order valence-corrected chi connectivity index (χ3v) is 1.84. The fourth-order valence-corrected chi connectivity index (χ4v) is 1.10.